The summed E-state index contributed by atoms with van der Waals surface area (Å²) in [5.41, 5.74) is 0. The summed E-state index contributed by atoms with van der Waals surface area (Å²) in [6.45, 7) is 4.67. The number of hydrogen-bond donors (Lipinski definition) is 1. The zero-order chi connectivity index (χ0) is 14.4. The molecule has 110 valence electrons. The average molecular weight is 279 g/mol. The number of anilines is 2. The average Bonchev–Trinajstić information content (AvgIpc) is 2.47. The fraction of sp³-hybridized carbons (Fsp3) is 0.667. The van der Waals surface area contributed by atoms with Crippen molar-refractivity contribution >= 4 is 18.2 Å². The van der Waals surface area contributed by atoms with Gasteiger partial charge in [-0.05, 0) is 14.1 Å². The second-order valence-electron chi connectivity index (χ2n) is 5.00. The second-order valence-corrected chi connectivity index (χ2v) is 5.00. The summed E-state index contributed by atoms with van der Waals surface area (Å²) in [5, 5.41) is 11.1. The molecule has 1 aliphatic heterocycles. The van der Waals surface area contributed by atoms with E-state index in [9.17, 15) is 4.79 Å². The zero-order valence-electron chi connectivity index (χ0n) is 12.0. The van der Waals surface area contributed by atoms with Gasteiger partial charge in [-0.25, -0.2) is 0 Å². The third kappa shape index (κ3) is 4.02. The number of nitrogens with zero attached hydrogens (tertiary/aromatic N) is 6. The lowest BCUT2D eigenvalue weighted by atomic mass is 10.3. The standard InChI is InChI=1S/C12H21N7O/c1-17(2)4-3-13-12-15-11(9-14-16-12)19-7-5-18(10-20)6-8-19/h9-10H,3-8H2,1-2H3,(H,13,15,16). The van der Waals surface area contributed by atoms with Crippen LogP contribution in [0.2, 0.25) is 0 Å². The molecule has 0 saturated carbocycles. The topological polar surface area (TPSA) is 77.5 Å². The summed E-state index contributed by atoms with van der Waals surface area (Å²) in [4.78, 5) is 21.1. The zero-order valence-corrected chi connectivity index (χ0v) is 12.0. The van der Waals surface area contributed by atoms with Gasteiger partial charge in [-0.3, -0.25) is 4.79 Å². The molecule has 1 aromatic heterocycles. The number of hydrogen-bond acceptors (Lipinski definition) is 7. The van der Waals surface area contributed by atoms with Gasteiger partial charge in [0.05, 0.1) is 6.20 Å². The summed E-state index contributed by atoms with van der Waals surface area (Å²) in [6, 6.07) is 0. The quantitative estimate of drug-likeness (QED) is 0.678. The second kappa shape index (κ2) is 6.99. The molecule has 8 nitrogen and oxygen atoms in total. The van der Waals surface area contributed by atoms with Crippen LogP contribution in [0.4, 0.5) is 11.8 Å². The highest BCUT2D eigenvalue weighted by molar-refractivity contribution is 5.49. The van der Waals surface area contributed by atoms with Crippen molar-refractivity contribution in [3.63, 3.8) is 0 Å². The predicted molar refractivity (Wildman–Crippen MR) is 76.7 cm³/mol. The molecule has 0 unspecified atom stereocenters. The molecule has 0 atom stereocenters. The maximum atomic E-state index is 10.7. The Morgan fingerprint density at radius 3 is 2.75 bits per heavy atom. The number of carbonyl (C=O) groups is 1. The monoisotopic (exact) mass is 279 g/mol. The summed E-state index contributed by atoms with van der Waals surface area (Å²) in [7, 11) is 4.04. The van der Waals surface area contributed by atoms with Gasteiger partial charge >= 0.3 is 0 Å². The van der Waals surface area contributed by atoms with E-state index >= 15 is 0 Å². The molecule has 0 radical (unpaired) electrons. The van der Waals surface area contributed by atoms with Crippen LogP contribution in [0.1, 0.15) is 0 Å². The first-order valence-electron chi connectivity index (χ1n) is 6.71. The van der Waals surface area contributed by atoms with Gasteiger partial charge in [0.15, 0.2) is 5.82 Å². The molecule has 1 N–H and O–H groups in total. The van der Waals surface area contributed by atoms with E-state index in [1.54, 1.807) is 11.1 Å². The number of likely N-dealkylation sites (N-methyl/N-ethyl adjacent to an activating group) is 1. The van der Waals surface area contributed by atoms with Gasteiger partial charge in [-0.15, -0.1) is 5.10 Å². The van der Waals surface area contributed by atoms with Gasteiger partial charge in [-0.1, -0.05) is 0 Å². The molecular weight excluding hydrogens is 258 g/mol. The summed E-state index contributed by atoms with van der Waals surface area (Å²) in [5.74, 6) is 1.35. The summed E-state index contributed by atoms with van der Waals surface area (Å²) < 4.78 is 0. The van der Waals surface area contributed by atoms with Crippen LogP contribution < -0.4 is 10.2 Å². The first-order chi connectivity index (χ1) is 9.69. The third-order valence-corrected chi connectivity index (χ3v) is 3.18. The van der Waals surface area contributed by atoms with E-state index in [1.165, 1.54) is 0 Å². The SMILES string of the molecule is CN(C)CCNc1nncc(N2CCN(C=O)CC2)n1. The largest absolute Gasteiger partial charge is 0.352 e. The Morgan fingerprint density at radius 2 is 2.10 bits per heavy atom. The molecule has 0 bridgehead atoms. The highest BCUT2D eigenvalue weighted by Gasteiger charge is 2.17. The number of nitrogens with one attached hydrogen (secondary N) is 1. The highest BCUT2D eigenvalue weighted by atomic mass is 16.1. The van der Waals surface area contributed by atoms with Gasteiger partial charge in [0.1, 0.15) is 0 Å². The molecule has 1 saturated heterocycles. The maximum absolute atomic E-state index is 10.7. The van der Waals surface area contributed by atoms with Crippen LogP contribution in [-0.2, 0) is 4.79 Å². The smallest absolute Gasteiger partial charge is 0.244 e. The molecule has 1 aliphatic rings. The van der Waals surface area contributed by atoms with Gasteiger partial charge in [0, 0.05) is 39.3 Å². The lowest BCUT2D eigenvalue weighted by molar-refractivity contribution is -0.118. The van der Waals surface area contributed by atoms with Gasteiger partial charge < -0.3 is 20.0 Å². The van der Waals surface area contributed by atoms with Gasteiger partial charge in [0.2, 0.25) is 12.4 Å². The highest BCUT2D eigenvalue weighted by Crippen LogP contribution is 2.12. The van der Waals surface area contributed by atoms with Crippen LogP contribution in [0, 0.1) is 0 Å². The van der Waals surface area contributed by atoms with Crippen molar-refractivity contribution in [1.29, 1.82) is 0 Å². The van der Waals surface area contributed by atoms with E-state index in [1.807, 2.05) is 14.1 Å². The number of carbonyl (C=O) groups excluding carboxylic acids is 1. The third-order valence-electron chi connectivity index (χ3n) is 3.18. The van der Waals surface area contributed by atoms with Crippen molar-refractivity contribution in [3.8, 4) is 0 Å². The molecule has 1 fully saturated rings. The van der Waals surface area contributed by atoms with Crippen molar-refractivity contribution in [2.24, 2.45) is 0 Å². The molecule has 1 amide bonds. The van der Waals surface area contributed by atoms with Gasteiger partial charge in [0.25, 0.3) is 0 Å². The van der Waals surface area contributed by atoms with Crippen LogP contribution in [0.25, 0.3) is 0 Å². The number of piperazine rings is 1. The Labute approximate surface area is 118 Å². The number of rotatable bonds is 6. The van der Waals surface area contributed by atoms with E-state index in [0.717, 1.165) is 51.5 Å². The molecule has 0 aliphatic carbocycles. The number of aromatic nitrogens is 3. The first kappa shape index (κ1) is 14.4. The van der Waals surface area contributed by atoms with Gasteiger partial charge in [-0.2, -0.15) is 10.1 Å². The maximum Gasteiger partial charge on any atom is 0.244 e. The summed E-state index contributed by atoms with van der Waals surface area (Å²) in [6.07, 6.45) is 2.55. The van der Waals surface area contributed by atoms with Crippen LogP contribution in [-0.4, -0.2) is 84.8 Å². The van der Waals surface area contributed by atoms with E-state index in [-0.39, 0.29) is 0 Å². The molecule has 0 spiro atoms. The first-order valence-corrected chi connectivity index (χ1v) is 6.71. The predicted octanol–water partition coefficient (Wildman–Crippen LogP) is -0.876. The van der Waals surface area contributed by atoms with Crippen LogP contribution in [0.3, 0.4) is 0 Å². The minimum atomic E-state index is 0.544. The molecule has 0 aromatic carbocycles. The molecular formula is C12H21N7O. The molecule has 1 aromatic rings. The van der Waals surface area contributed by atoms with Crippen LogP contribution in [0.15, 0.2) is 6.20 Å². The normalized spacial score (nSPS) is 15.6. The number of amides is 1. The van der Waals surface area contributed by atoms with Crippen molar-refractivity contribution in [2.75, 3.05) is 63.6 Å². The Bertz CT molecular complexity index is 432. The van der Waals surface area contributed by atoms with E-state index < -0.39 is 0 Å². The lowest BCUT2D eigenvalue weighted by Crippen LogP contribution is -2.46. The molecule has 2 rings (SSSR count). The molecule has 8 heteroatoms. The Balaban J connectivity index is 1.90. The van der Waals surface area contributed by atoms with Crippen LogP contribution >= 0.6 is 0 Å². The van der Waals surface area contributed by atoms with Crippen molar-refractivity contribution in [2.45, 2.75) is 0 Å². The molecule has 2 heterocycles. The van der Waals surface area contributed by atoms with Crippen molar-refractivity contribution in [1.82, 2.24) is 25.0 Å². The van der Waals surface area contributed by atoms with E-state index in [4.69, 9.17) is 0 Å². The summed E-state index contributed by atoms with van der Waals surface area (Å²) >= 11 is 0. The Morgan fingerprint density at radius 1 is 1.35 bits per heavy atom. The minimum Gasteiger partial charge on any atom is -0.352 e. The van der Waals surface area contributed by atoms with Crippen molar-refractivity contribution in [3.05, 3.63) is 6.20 Å². The van der Waals surface area contributed by atoms with E-state index in [2.05, 4.69) is 30.3 Å². The molecule has 20 heavy (non-hydrogen) atoms. The van der Waals surface area contributed by atoms with E-state index in [0.29, 0.717) is 5.95 Å². The Hall–Kier alpha value is -1.96. The van der Waals surface area contributed by atoms with Crippen molar-refractivity contribution < 1.29 is 4.79 Å². The fourth-order valence-corrected chi connectivity index (χ4v) is 1.97. The minimum absolute atomic E-state index is 0.544. The lowest BCUT2D eigenvalue weighted by Gasteiger charge is -2.33. The Kier molecular flexibility index (Phi) is 5.05. The fourth-order valence-electron chi connectivity index (χ4n) is 1.97. The van der Waals surface area contributed by atoms with Crippen LogP contribution in [0.5, 0.6) is 0 Å².